The lowest BCUT2D eigenvalue weighted by molar-refractivity contribution is -0.136. The highest BCUT2D eigenvalue weighted by Crippen LogP contribution is 2.10. The van der Waals surface area contributed by atoms with Crippen LogP contribution in [0.15, 0.2) is 0 Å². The lowest BCUT2D eigenvalue weighted by Gasteiger charge is -2.01. The molecule has 2 heteroatoms. The van der Waals surface area contributed by atoms with Crippen LogP contribution in [0.1, 0.15) is 84.5 Å². The van der Waals surface area contributed by atoms with Crippen LogP contribution in [0.3, 0.4) is 0 Å². The highest BCUT2D eigenvalue weighted by Gasteiger charge is 2.09. The summed E-state index contributed by atoms with van der Waals surface area (Å²) < 4.78 is 0. The monoisotopic (exact) mass is 240 g/mol. The van der Waals surface area contributed by atoms with Crippen LogP contribution in [0.2, 0.25) is 0 Å². The Balaban J connectivity index is 3.18. The molecule has 0 aliphatic carbocycles. The molecule has 0 N–H and O–H groups in total. The predicted molar refractivity (Wildman–Crippen MR) is 72.1 cm³/mol. The van der Waals surface area contributed by atoms with Gasteiger partial charge in [-0.3, -0.25) is 9.59 Å². The van der Waals surface area contributed by atoms with Crippen LogP contribution in [-0.2, 0) is 9.59 Å². The zero-order valence-electron chi connectivity index (χ0n) is 11.6. The van der Waals surface area contributed by atoms with E-state index in [9.17, 15) is 9.59 Å². The highest BCUT2D eigenvalue weighted by molar-refractivity contribution is 6.37. The molecule has 0 aliphatic heterocycles. The van der Waals surface area contributed by atoms with Crippen molar-refractivity contribution in [2.24, 2.45) is 0 Å². The van der Waals surface area contributed by atoms with Gasteiger partial charge in [0.05, 0.1) is 0 Å². The van der Waals surface area contributed by atoms with Crippen molar-refractivity contribution in [1.82, 2.24) is 0 Å². The second-order valence-corrected chi connectivity index (χ2v) is 4.78. The standard InChI is InChI=1S/C15H28O2/c1-3-5-6-7-8-9-10-11-12-13-15(17)14(16)4-2/h3-13H2,1-2H3. The molecular weight excluding hydrogens is 212 g/mol. The SMILES string of the molecule is CCCCCCCCCCCC(=O)C(=O)CC. The smallest absolute Gasteiger partial charge is 0.198 e. The van der Waals surface area contributed by atoms with E-state index < -0.39 is 0 Å². The van der Waals surface area contributed by atoms with Gasteiger partial charge in [0.25, 0.3) is 0 Å². The van der Waals surface area contributed by atoms with Gasteiger partial charge >= 0.3 is 0 Å². The molecule has 0 bridgehead atoms. The average Bonchev–Trinajstić information content (AvgIpc) is 2.35. The maximum absolute atomic E-state index is 11.2. The lowest BCUT2D eigenvalue weighted by Crippen LogP contribution is -2.11. The number of carbonyl (C=O) groups is 2. The number of rotatable bonds is 12. The van der Waals surface area contributed by atoms with E-state index in [1.165, 1.54) is 44.9 Å². The van der Waals surface area contributed by atoms with Crippen LogP contribution in [0.5, 0.6) is 0 Å². The number of Topliss-reactive ketones (excluding diaryl/α,β-unsaturated/α-hetero) is 2. The van der Waals surface area contributed by atoms with Gasteiger partial charge < -0.3 is 0 Å². The molecule has 0 unspecified atom stereocenters. The molecule has 0 spiro atoms. The molecule has 0 fully saturated rings. The Morgan fingerprint density at radius 2 is 1.12 bits per heavy atom. The largest absolute Gasteiger partial charge is 0.291 e. The van der Waals surface area contributed by atoms with Crippen LogP contribution in [0, 0.1) is 0 Å². The van der Waals surface area contributed by atoms with E-state index in [-0.39, 0.29) is 11.6 Å². The quantitative estimate of drug-likeness (QED) is 0.373. The summed E-state index contributed by atoms with van der Waals surface area (Å²) in [5, 5.41) is 0. The van der Waals surface area contributed by atoms with Crippen molar-refractivity contribution in [2.75, 3.05) is 0 Å². The Labute approximate surface area is 106 Å². The Morgan fingerprint density at radius 1 is 0.647 bits per heavy atom. The Hall–Kier alpha value is -0.660. The van der Waals surface area contributed by atoms with Crippen molar-refractivity contribution >= 4 is 11.6 Å². The minimum atomic E-state index is -0.204. The Kier molecular flexibility index (Phi) is 11.4. The first-order valence-electron chi connectivity index (χ1n) is 7.28. The second kappa shape index (κ2) is 11.8. The van der Waals surface area contributed by atoms with Gasteiger partial charge in [-0.15, -0.1) is 0 Å². The molecule has 17 heavy (non-hydrogen) atoms. The first kappa shape index (κ1) is 16.3. The maximum atomic E-state index is 11.2. The summed E-state index contributed by atoms with van der Waals surface area (Å²) in [5.74, 6) is -0.375. The van der Waals surface area contributed by atoms with Gasteiger partial charge in [0, 0.05) is 12.8 Å². The minimum absolute atomic E-state index is 0.171. The van der Waals surface area contributed by atoms with Crippen molar-refractivity contribution in [3.05, 3.63) is 0 Å². The summed E-state index contributed by atoms with van der Waals surface area (Å²) in [6.07, 6.45) is 12.0. The van der Waals surface area contributed by atoms with Gasteiger partial charge in [0.2, 0.25) is 0 Å². The highest BCUT2D eigenvalue weighted by atomic mass is 16.2. The lowest BCUT2D eigenvalue weighted by atomic mass is 10.0. The summed E-state index contributed by atoms with van der Waals surface area (Å²) in [6.45, 7) is 3.98. The second-order valence-electron chi connectivity index (χ2n) is 4.78. The number of hydrogen-bond acceptors (Lipinski definition) is 2. The zero-order valence-corrected chi connectivity index (χ0v) is 11.6. The summed E-state index contributed by atoms with van der Waals surface area (Å²) in [4.78, 5) is 22.3. The van der Waals surface area contributed by atoms with Crippen LogP contribution >= 0.6 is 0 Å². The van der Waals surface area contributed by atoms with Gasteiger partial charge in [-0.25, -0.2) is 0 Å². The summed E-state index contributed by atoms with van der Waals surface area (Å²) in [7, 11) is 0. The summed E-state index contributed by atoms with van der Waals surface area (Å²) >= 11 is 0. The number of unbranched alkanes of at least 4 members (excludes halogenated alkanes) is 8. The third kappa shape index (κ3) is 10.2. The molecule has 0 saturated carbocycles. The molecule has 2 nitrogen and oxygen atoms in total. The van der Waals surface area contributed by atoms with Gasteiger partial charge in [0.1, 0.15) is 0 Å². The fraction of sp³-hybridized carbons (Fsp3) is 0.867. The van der Waals surface area contributed by atoms with Crippen molar-refractivity contribution in [2.45, 2.75) is 84.5 Å². The van der Waals surface area contributed by atoms with E-state index in [1.807, 2.05) is 0 Å². The van der Waals surface area contributed by atoms with Crippen molar-refractivity contribution in [3.8, 4) is 0 Å². The van der Waals surface area contributed by atoms with E-state index in [0.29, 0.717) is 12.8 Å². The number of carbonyl (C=O) groups excluding carboxylic acids is 2. The van der Waals surface area contributed by atoms with Crippen molar-refractivity contribution in [1.29, 1.82) is 0 Å². The molecule has 0 atom stereocenters. The van der Waals surface area contributed by atoms with Crippen LogP contribution < -0.4 is 0 Å². The summed E-state index contributed by atoms with van der Waals surface area (Å²) in [5.41, 5.74) is 0. The zero-order chi connectivity index (χ0) is 12.9. The van der Waals surface area contributed by atoms with Gasteiger partial charge in [-0.2, -0.15) is 0 Å². The van der Waals surface area contributed by atoms with E-state index in [2.05, 4.69) is 6.92 Å². The molecule has 0 aromatic carbocycles. The molecule has 100 valence electrons. The molecule has 0 aromatic rings. The molecular formula is C15H28O2. The Morgan fingerprint density at radius 3 is 1.59 bits per heavy atom. The Bertz CT molecular complexity index is 209. The van der Waals surface area contributed by atoms with Crippen LogP contribution in [-0.4, -0.2) is 11.6 Å². The molecule has 0 aliphatic rings. The molecule has 0 rings (SSSR count). The first-order chi connectivity index (χ1) is 8.22. The molecule has 0 amide bonds. The van der Waals surface area contributed by atoms with E-state index in [1.54, 1.807) is 6.92 Å². The third-order valence-corrected chi connectivity index (χ3v) is 3.14. The predicted octanol–water partition coefficient (Wildman–Crippen LogP) is 4.46. The van der Waals surface area contributed by atoms with Crippen molar-refractivity contribution < 1.29 is 9.59 Å². The average molecular weight is 240 g/mol. The van der Waals surface area contributed by atoms with E-state index in [0.717, 1.165) is 12.8 Å². The fourth-order valence-corrected chi connectivity index (χ4v) is 1.93. The van der Waals surface area contributed by atoms with Gasteiger partial charge in [-0.05, 0) is 6.42 Å². The minimum Gasteiger partial charge on any atom is -0.291 e. The fourth-order valence-electron chi connectivity index (χ4n) is 1.93. The topological polar surface area (TPSA) is 34.1 Å². The maximum Gasteiger partial charge on any atom is 0.198 e. The van der Waals surface area contributed by atoms with Gasteiger partial charge in [-0.1, -0.05) is 65.2 Å². The molecule has 0 aromatic heterocycles. The number of ketones is 2. The number of hydrogen-bond donors (Lipinski definition) is 0. The van der Waals surface area contributed by atoms with Crippen LogP contribution in [0.25, 0.3) is 0 Å². The third-order valence-electron chi connectivity index (χ3n) is 3.14. The van der Waals surface area contributed by atoms with E-state index in [4.69, 9.17) is 0 Å². The van der Waals surface area contributed by atoms with Crippen LogP contribution in [0.4, 0.5) is 0 Å². The van der Waals surface area contributed by atoms with Crippen molar-refractivity contribution in [3.63, 3.8) is 0 Å². The first-order valence-corrected chi connectivity index (χ1v) is 7.28. The van der Waals surface area contributed by atoms with Gasteiger partial charge in [0.15, 0.2) is 11.6 Å². The van der Waals surface area contributed by atoms with E-state index >= 15 is 0 Å². The normalized spacial score (nSPS) is 10.5. The summed E-state index contributed by atoms with van der Waals surface area (Å²) in [6, 6.07) is 0. The molecule has 0 saturated heterocycles. The molecule has 0 heterocycles. The molecule has 0 radical (unpaired) electrons.